The van der Waals surface area contributed by atoms with Crippen LogP contribution < -0.4 is 9.57 Å². The minimum atomic E-state index is -4.44. The Balaban J connectivity index is 2.19. The molecule has 1 N–H and O–H groups in total. The maximum absolute atomic E-state index is 12.2. The highest BCUT2D eigenvalue weighted by Crippen LogP contribution is 2.24. The standard InChI is InChI=1S/C15H17ClF3N5O3/c1-14(2,13(25)26-3)24-7-11(22-23-24)12(21-16)10-5-4-9(6-20-10)27-8-15(17,18)19/h4-7,12,21H,8H2,1-3H3/t12-/m0/s1. The van der Waals surface area contributed by atoms with Crippen molar-refractivity contribution in [3.63, 3.8) is 0 Å². The summed E-state index contributed by atoms with van der Waals surface area (Å²) in [7, 11) is 1.26. The van der Waals surface area contributed by atoms with E-state index in [4.69, 9.17) is 16.5 Å². The number of hydrogen-bond donors (Lipinski definition) is 1. The average Bonchev–Trinajstić information content (AvgIpc) is 3.11. The van der Waals surface area contributed by atoms with Crippen LogP contribution in [0.25, 0.3) is 0 Å². The van der Waals surface area contributed by atoms with Gasteiger partial charge in [-0.05, 0) is 37.8 Å². The van der Waals surface area contributed by atoms with Gasteiger partial charge < -0.3 is 9.47 Å². The molecule has 0 saturated carbocycles. The summed E-state index contributed by atoms with van der Waals surface area (Å²) in [5.74, 6) is -0.557. The number of aromatic nitrogens is 4. The summed E-state index contributed by atoms with van der Waals surface area (Å²) in [5.41, 5.74) is -0.384. The molecular formula is C15H17ClF3N5O3. The number of alkyl halides is 3. The third-order valence-corrected chi connectivity index (χ3v) is 3.85. The van der Waals surface area contributed by atoms with Crippen LogP contribution in [0.1, 0.15) is 31.3 Å². The molecule has 0 aliphatic heterocycles. The molecule has 0 aliphatic rings. The van der Waals surface area contributed by atoms with Crippen LogP contribution in [0.2, 0.25) is 0 Å². The van der Waals surface area contributed by atoms with Crippen molar-refractivity contribution in [2.24, 2.45) is 0 Å². The third-order valence-electron chi connectivity index (χ3n) is 3.63. The number of rotatable bonds is 7. The van der Waals surface area contributed by atoms with Crippen molar-refractivity contribution < 1.29 is 27.4 Å². The van der Waals surface area contributed by atoms with Gasteiger partial charge in [-0.2, -0.15) is 13.2 Å². The summed E-state index contributed by atoms with van der Waals surface area (Å²) >= 11 is 5.77. The SMILES string of the molecule is COC(=O)C(C)(C)n1cc([C@@H](NCl)c2ccc(OCC(F)(F)F)cn2)nn1. The van der Waals surface area contributed by atoms with Crippen LogP contribution >= 0.6 is 11.8 Å². The van der Waals surface area contributed by atoms with Crippen LogP contribution in [0.4, 0.5) is 13.2 Å². The lowest BCUT2D eigenvalue weighted by Crippen LogP contribution is -2.37. The van der Waals surface area contributed by atoms with Gasteiger partial charge in [0, 0.05) is 0 Å². The van der Waals surface area contributed by atoms with Crippen LogP contribution in [0, 0.1) is 0 Å². The quantitative estimate of drug-likeness (QED) is 0.556. The van der Waals surface area contributed by atoms with Gasteiger partial charge in [0.1, 0.15) is 17.5 Å². The molecule has 2 aromatic heterocycles. The first-order valence-corrected chi connectivity index (χ1v) is 7.99. The highest BCUT2D eigenvalue weighted by molar-refractivity contribution is 6.13. The molecule has 2 rings (SSSR count). The normalized spacial score (nSPS) is 13.3. The summed E-state index contributed by atoms with van der Waals surface area (Å²) in [6.45, 7) is 1.79. The molecule has 8 nitrogen and oxygen atoms in total. The number of carbonyl (C=O) groups is 1. The topological polar surface area (TPSA) is 91.2 Å². The zero-order valence-electron chi connectivity index (χ0n) is 14.6. The van der Waals surface area contributed by atoms with E-state index in [1.807, 2.05) is 0 Å². The lowest BCUT2D eigenvalue weighted by atomic mass is 10.1. The molecule has 0 bridgehead atoms. The Morgan fingerprint density at radius 3 is 2.56 bits per heavy atom. The maximum atomic E-state index is 12.2. The first-order valence-electron chi connectivity index (χ1n) is 7.61. The minimum absolute atomic E-state index is 0.0418. The van der Waals surface area contributed by atoms with E-state index in [9.17, 15) is 18.0 Å². The van der Waals surface area contributed by atoms with E-state index in [0.29, 0.717) is 11.4 Å². The van der Waals surface area contributed by atoms with Gasteiger partial charge in [0.05, 0.1) is 25.2 Å². The van der Waals surface area contributed by atoms with E-state index in [1.54, 1.807) is 13.8 Å². The summed E-state index contributed by atoms with van der Waals surface area (Å²) < 4.78 is 47.2. The van der Waals surface area contributed by atoms with Crippen molar-refractivity contribution in [3.8, 4) is 5.75 Å². The van der Waals surface area contributed by atoms with Gasteiger partial charge >= 0.3 is 12.1 Å². The molecule has 148 valence electrons. The Morgan fingerprint density at radius 2 is 2.04 bits per heavy atom. The first-order chi connectivity index (χ1) is 12.6. The second-order valence-electron chi connectivity index (χ2n) is 6.00. The molecule has 0 aromatic carbocycles. The Labute approximate surface area is 157 Å². The lowest BCUT2D eigenvalue weighted by molar-refractivity contribution is -0.153. The highest BCUT2D eigenvalue weighted by atomic mass is 35.5. The summed E-state index contributed by atoms with van der Waals surface area (Å²) in [4.78, 5) is 18.4. The summed E-state index contributed by atoms with van der Waals surface area (Å²) in [6, 6.07) is 2.06. The monoisotopic (exact) mass is 407 g/mol. The first kappa shape index (κ1) is 20.9. The second kappa shape index (κ2) is 8.09. The number of hydrogen-bond acceptors (Lipinski definition) is 7. The smallest absolute Gasteiger partial charge is 0.422 e. The predicted octanol–water partition coefficient (Wildman–Crippen LogP) is 2.36. The summed E-state index contributed by atoms with van der Waals surface area (Å²) in [6.07, 6.45) is -1.80. The molecule has 0 fully saturated rings. The Kier molecular flexibility index (Phi) is 6.26. The predicted molar refractivity (Wildman–Crippen MR) is 88.0 cm³/mol. The van der Waals surface area contributed by atoms with Gasteiger partial charge in [-0.3, -0.25) is 4.98 Å². The van der Waals surface area contributed by atoms with E-state index >= 15 is 0 Å². The molecule has 0 spiro atoms. The zero-order chi connectivity index (χ0) is 20.2. The molecule has 1 atom stereocenters. The fourth-order valence-corrected chi connectivity index (χ4v) is 2.33. The van der Waals surface area contributed by atoms with Crippen LogP contribution in [0.5, 0.6) is 5.75 Å². The molecule has 2 aromatic rings. The second-order valence-corrected chi connectivity index (χ2v) is 6.22. The molecule has 0 radical (unpaired) electrons. The maximum Gasteiger partial charge on any atom is 0.422 e. The van der Waals surface area contributed by atoms with Crippen molar-refractivity contribution in [1.82, 2.24) is 24.8 Å². The Morgan fingerprint density at radius 1 is 1.33 bits per heavy atom. The number of nitrogens with zero attached hydrogens (tertiary/aromatic N) is 4. The Hall–Kier alpha value is -2.40. The van der Waals surface area contributed by atoms with Gasteiger partial charge in [0.15, 0.2) is 12.1 Å². The van der Waals surface area contributed by atoms with E-state index < -0.39 is 30.3 Å². The fourth-order valence-electron chi connectivity index (χ4n) is 2.10. The van der Waals surface area contributed by atoms with Gasteiger partial charge in [-0.25, -0.2) is 14.3 Å². The van der Waals surface area contributed by atoms with Crippen molar-refractivity contribution in [1.29, 1.82) is 0 Å². The van der Waals surface area contributed by atoms with Crippen LogP contribution in [-0.4, -0.2) is 45.8 Å². The number of halogens is 4. The average molecular weight is 408 g/mol. The van der Waals surface area contributed by atoms with Gasteiger partial charge in [0.2, 0.25) is 0 Å². The number of ether oxygens (including phenoxy) is 2. The molecule has 0 unspecified atom stereocenters. The van der Waals surface area contributed by atoms with Crippen molar-refractivity contribution in [3.05, 3.63) is 35.9 Å². The highest BCUT2D eigenvalue weighted by Gasteiger charge is 2.33. The van der Waals surface area contributed by atoms with Gasteiger partial charge in [-0.15, -0.1) is 5.10 Å². The van der Waals surface area contributed by atoms with Gasteiger partial charge in [-0.1, -0.05) is 5.21 Å². The fraction of sp³-hybridized carbons (Fsp3) is 0.467. The minimum Gasteiger partial charge on any atom is -0.483 e. The lowest BCUT2D eigenvalue weighted by Gasteiger charge is -2.21. The molecule has 12 heteroatoms. The largest absolute Gasteiger partial charge is 0.483 e. The van der Waals surface area contributed by atoms with Crippen molar-refractivity contribution in [2.75, 3.05) is 13.7 Å². The molecule has 0 saturated heterocycles. The summed E-state index contributed by atoms with van der Waals surface area (Å²) in [5, 5.41) is 7.89. The molecule has 2 heterocycles. The van der Waals surface area contributed by atoms with Gasteiger partial charge in [0.25, 0.3) is 0 Å². The Bertz CT molecular complexity index is 780. The molecular weight excluding hydrogens is 391 g/mol. The number of nitrogens with one attached hydrogen (secondary N) is 1. The third kappa shape index (κ3) is 5.07. The van der Waals surface area contributed by atoms with E-state index in [0.717, 1.165) is 6.20 Å². The molecule has 27 heavy (non-hydrogen) atoms. The number of esters is 1. The van der Waals surface area contributed by atoms with E-state index in [1.165, 1.54) is 30.1 Å². The van der Waals surface area contributed by atoms with Crippen LogP contribution in [-0.2, 0) is 15.1 Å². The van der Waals surface area contributed by atoms with Crippen LogP contribution in [0.15, 0.2) is 24.5 Å². The van der Waals surface area contributed by atoms with Crippen LogP contribution in [0.3, 0.4) is 0 Å². The van der Waals surface area contributed by atoms with E-state index in [-0.39, 0.29) is 5.75 Å². The number of pyridine rings is 1. The molecule has 0 aliphatic carbocycles. The number of methoxy groups -OCH3 is 1. The van der Waals surface area contributed by atoms with Crippen molar-refractivity contribution in [2.45, 2.75) is 31.6 Å². The zero-order valence-corrected chi connectivity index (χ0v) is 15.4. The molecule has 0 amide bonds. The van der Waals surface area contributed by atoms with Crippen molar-refractivity contribution >= 4 is 17.7 Å². The van der Waals surface area contributed by atoms with E-state index in [2.05, 4.69) is 24.9 Å². The number of carbonyl (C=O) groups excluding carboxylic acids is 1.